The lowest BCUT2D eigenvalue weighted by molar-refractivity contribution is 0.184. The van der Waals surface area contributed by atoms with Crippen molar-refractivity contribution in [1.29, 1.82) is 0 Å². The fourth-order valence-electron chi connectivity index (χ4n) is 2.76. The van der Waals surface area contributed by atoms with E-state index in [-0.39, 0.29) is 0 Å². The van der Waals surface area contributed by atoms with Crippen molar-refractivity contribution in [3.8, 4) is 0 Å². The van der Waals surface area contributed by atoms with Crippen LogP contribution < -0.4 is 5.32 Å². The minimum atomic E-state index is 0.755. The minimum Gasteiger partial charge on any atom is -0.312 e. The van der Waals surface area contributed by atoms with E-state index in [1.54, 1.807) is 0 Å². The van der Waals surface area contributed by atoms with E-state index in [2.05, 4.69) is 24.1 Å². The molecule has 1 N–H and O–H groups in total. The van der Waals surface area contributed by atoms with Gasteiger partial charge < -0.3 is 5.32 Å². The highest BCUT2D eigenvalue weighted by Crippen LogP contribution is 2.28. The third-order valence-corrected chi connectivity index (χ3v) is 3.93. The molecule has 0 spiro atoms. The molecule has 1 aliphatic heterocycles. The summed E-state index contributed by atoms with van der Waals surface area (Å²) in [4.78, 5) is 2.72. The molecule has 0 aromatic rings. The van der Waals surface area contributed by atoms with Gasteiger partial charge in [0.05, 0.1) is 0 Å². The molecule has 0 radical (unpaired) electrons. The summed E-state index contributed by atoms with van der Waals surface area (Å²) < 4.78 is 0. The predicted molar refractivity (Wildman–Crippen MR) is 65.1 cm³/mol. The zero-order valence-corrected chi connectivity index (χ0v) is 10.3. The molecule has 2 unspecified atom stereocenters. The number of piperidine rings is 1. The van der Waals surface area contributed by atoms with Gasteiger partial charge >= 0.3 is 0 Å². The van der Waals surface area contributed by atoms with Crippen molar-refractivity contribution >= 4 is 0 Å². The second kappa shape index (κ2) is 5.31. The first-order valence-electron chi connectivity index (χ1n) is 6.78. The summed E-state index contributed by atoms with van der Waals surface area (Å²) in [7, 11) is 0. The van der Waals surface area contributed by atoms with Crippen molar-refractivity contribution in [3.63, 3.8) is 0 Å². The Morgan fingerprint density at radius 3 is 2.67 bits per heavy atom. The molecule has 2 atom stereocenters. The van der Waals surface area contributed by atoms with E-state index in [0.717, 1.165) is 18.0 Å². The van der Waals surface area contributed by atoms with E-state index < -0.39 is 0 Å². The molecule has 1 heterocycles. The smallest absolute Gasteiger partial charge is 0.0220 e. The van der Waals surface area contributed by atoms with Gasteiger partial charge in [0.25, 0.3) is 0 Å². The standard InChI is InChI=1S/C13H26N2/c1-3-9-15(12-6-7-12)10-13-11(2)5-4-8-14-13/h11-14H,3-10H2,1-2H3. The molecule has 0 aromatic carbocycles. The lowest BCUT2D eigenvalue weighted by Crippen LogP contribution is -2.48. The van der Waals surface area contributed by atoms with Crippen molar-refractivity contribution in [2.45, 2.75) is 58.0 Å². The van der Waals surface area contributed by atoms with Gasteiger partial charge in [-0.15, -0.1) is 0 Å². The molecule has 0 bridgehead atoms. The molecule has 2 nitrogen and oxygen atoms in total. The third-order valence-electron chi connectivity index (χ3n) is 3.93. The van der Waals surface area contributed by atoms with Gasteiger partial charge in [0.15, 0.2) is 0 Å². The Labute approximate surface area is 94.4 Å². The van der Waals surface area contributed by atoms with Crippen LogP contribution in [0.3, 0.4) is 0 Å². The maximum atomic E-state index is 3.70. The van der Waals surface area contributed by atoms with Crippen molar-refractivity contribution in [2.75, 3.05) is 19.6 Å². The highest BCUT2D eigenvalue weighted by atomic mass is 15.2. The molecule has 1 saturated carbocycles. The van der Waals surface area contributed by atoms with Gasteiger partial charge in [0.2, 0.25) is 0 Å². The molecule has 2 aliphatic rings. The SMILES string of the molecule is CCCN(CC1NCCCC1C)C1CC1. The highest BCUT2D eigenvalue weighted by molar-refractivity contribution is 4.89. The van der Waals surface area contributed by atoms with Crippen LogP contribution in [0.25, 0.3) is 0 Å². The normalized spacial score (nSPS) is 32.2. The summed E-state index contributed by atoms with van der Waals surface area (Å²) in [5.41, 5.74) is 0. The van der Waals surface area contributed by atoms with Crippen LogP contribution in [0, 0.1) is 5.92 Å². The number of hydrogen-bond donors (Lipinski definition) is 1. The van der Waals surface area contributed by atoms with Crippen LogP contribution >= 0.6 is 0 Å². The predicted octanol–water partition coefficient (Wildman–Crippen LogP) is 2.25. The molecule has 15 heavy (non-hydrogen) atoms. The van der Waals surface area contributed by atoms with Crippen molar-refractivity contribution in [3.05, 3.63) is 0 Å². The summed E-state index contributed by atoms with van der Waals surface area (Å²) in [6.07, 6.45) is 6.98. The number of hydrogen-bond acceptors (Lipinski definition) is 2. The van der Waals surface area contributed by atoms with E-state index in [9.17, 15) is 0 Å². The zero-order chi connectivity index (χ0) is 10.7. The lowest BCUT2D eigenvalue weighted by Gasteiger charge is -2.34. The summed E-state index contributed by atoms with van der Waals surface area (Å²) in [5, 5.41) is 3.70. The molecule has 1 saturated heterocycles. The van der Waals surface area contributed by atoms with Gasteiger partial charge in [0.1, 0.15) is 0 Å². The average molecular weight is 210 g/mol. The molecular formula is C13H26N2. The lowest BCUT2D eigenvalue weighted by atomic mass is 9.92. The Bertz CT molecular complexity index is 187. The van der Waals surface area contributed by atoms with Crippen LogP contribution in [-0.4, -0.2) is 36.6 Å². The molecule has 0 aromatic heterocycles. The zero-order valence-electron chi connectivity index (χ0n) is 10.3. The van der Waals surface area contributed by atoms with Gasteiger partial charge in [-0.2, -0.15) is 0 Å². The first kappa shape index (κ1) is 11.4. The van der Waals surface area contributed by atoms with E-state index in [0.29, 0.717) is 0 Å². The third kappa shape index (κ3) is 3.18. The average Bonchev–Trinajstić information content (AvgIpc) is 3.04. The van der Waals surface area contributed by atoms with E-state index in [1.165, 1.54) is 51.7 Å². The van der Waals surface area contributed by atoms with Gasteiger partial charge in [0, 0.05) is 18.6 Å². The number of nitrogens with one attached hydrogen (secondary N) is 1. The van der Waals surface area contributed by atoms with Gasteiger partial charge in [-0.05, 0) is 51.1 Å². The second-order valence-electron chi connectivity index (χ2n) is 5.41. The van der Waals surface area contributed by atoms with E-state index >= 15 is 0 Å². The molecule has 2 fully saturated rings. The topological polar surface area (TPSA) is 15.3 Å². The quantitative estimate of drug-likeness (QED) is 0.749. The molecule has 2 rings (SSSR count). The second-order valence-corrected chi connectivity index (χ2v) is 5.41. The Morgan fingerprint density at radius 2 is 2.07 bits per heavy atom. The Kier molecular flexibility index (Phi) is 4.04. The minimum absolute atomic E-state index is 0.755. The van der Waals surface area contributed by atoms with Crippen LogP contribution in [0.5, 0.6) is 0 Å². The number of nitrogens with zero attached hydrogens (tertiary/aromatic N) is 1. The van der Waals surface area contributed by atoms with Crippen LogP contribution in [0.15, 0.2) is 0 Å². The van der Waals surface area contributed by atoms with Gasteiger partial charge in [-0.25, -0.2) is 0 Å². The Morgan fingerprint density at radius 1 is 1.27 bits per heavy atom. The summed E-state index contributed by atoms with van der Waals surface area (Å²) >= 11 is 0. The first-order valence-corrected chi connectivity index (χ1v) is 6.78. The van der Waals surface area contributed by atoms with Gasteiger partial charge in [-0.3, -0.25) is 4.90 Å². The molecular weight excluding hydrogens is 184 g/mol. The summed E-state index contributed by atoms with van der Waals surface area (Å²) in [5.74, 6) is 0.872. The maximum absolute atomic E-state index is 3.70. The van der Waals surface area contributed by atoms with Crippen molar-refractivity contribution in [1.82, 2.24) is 10.2 Å². The molecule has 1 aliphatic carbocycles. The Hall–Kier alpha value is -0.0800. The fraction of sp³-hybridized carbons (Fsp3) is 1.00. The molecule has 88 valence electrons. The summed E-state index contributed by atoms with van der Waals surface area (Å²) in [6, 6.07) is 1.69. The van der Waals surface area contributed by atoms with Crippen LogP contribution in [-0.2, 0) is 0 Å². The van der Waals surface area contributed by atoms with Crippen molar-refractivity contribution in [2.24, 2.45) is 5.92 Å². The highest BCUT2D eigenvalue weighted by Gasteiger charge is 2.31. The van der Waals surface area contributed by atoms with Gasteiger partial charge in [-0.1, -0.05) is 13.8 Å². The van der Waals surface area contributed by atoms with E-state index in [1.807, 2.05) is 0 Å². The number of rotatable bonds is 5. The van der Waals surface area contributed by atoms with Crippen molar-refractivity contribution < 1.29 is 0 Å². The fourth-order valence-corrected chi connectivity index (χ4v) is 2.76. The van der Waals surface area contributed by atoms with E-state index in [4.69, 9.17) is 0 Å². The molecule has 0 amide bonds. The van der Waals surface area contributed by atoms with Crippen LogP contribution in [0.1, 0.15) is 46.0 Å². The first-order chi connectivity index (χ1) is 7.31. The largest absolute Gasteiger partial charge is 0.312 e. The van der Waals surface area contributed by atoms with Crippen LogP contribution in [0.4, 0.5) is 0 Å². The molecule has 2 heteroatoms. The van der Waals surface area contributed by atoms with Crippen LogP contribution in [0.2, 0.25) is 0 Å². The maximum Gasteiger partial charge on any atom is 0.0220 e. The summed E-state index contributed by atoms with van der Waals surface area (Å²) in [6.45, 7) is 8.54. The Balaban J connectivity index is 1.81. The monoisotopic (exact) mass is 210 g/mol.